The van der Waals surface area contributed by atoms with E-state index in [4.69, 9.17) is 21.1 Å². The average Bonchev–Trinajstić information content (AvgIpc) is 2.51. The highest BCUT2D eigenvalue weighted by Crippen LogP contribution is 2.17. The van der Waals surface area contributed by atoms with E-state index in [2.05, 4.69) is 10.6 Å². The van der Waals surface area contributed by atoms with E-state index in [0.717, 1.165) is 5.75 Å². The van der Waals surface area contributed by atoms with Crippen molar-refractivity contribution in [2.45, 2.75) is 13.3 Å². The molecule has 0 radical (unpaired) electrons. The van der Waals surface area contributed by atoms with Crippen molar-refractivity contribution in [1.82, 2.24) is 10.6 Å². The summed E-state index contributed by atoms with van der Waals surface area (Å²) < 4.78 is 10.7. The van der Waals surface area contributed by atoms with Gasteiger partial charge in [-0.25, -0.2) is 0 Å². The van der Waals surface area contributed by atoms with Crippen LogP contribution in [0.3, 0.4) is 0 Å². The lowest BCUT2D eigenvalue weighted by Gasteiger charge is -2.09. The molecule has 0 unspecified atom stereocenters. The summed E-state index contributed by atoms with van der Waals surface area (Å²) in [6, 6.07) is 7.04. The van der Waals surface area contributed by atoms with E-state index in [9.17, 15) is 9.59 Å². The topological polar surface area (TPSA) is 76.7 Å². The summed E-state index contributed by atoms with van der Waals surface area (Å²) in [5, 5.41) is 5.28. The Labute approximate surface area is 135 Å². The number of hydrogen-bond acceptors (Lipinski definition) is 4. The summed E-state index contributed by atoms with van der Waals surface area (Å²) in [6.07, 6.45) is 0.274. The number of ether oxygens (including phenoxy) is 2. The van der Waals surface area contributed by atoms with Crippen molar-refractivity contribution in [3.63, 3.8) is 0 Å². The number of carbonyl (C=O) groups excluding carboxylic acids is 2. The average molecular weight is 329 g/mol. The predicted molar refractivity (Wildman–Crippen MR) is 84.5 cm³/mol. The third kappa shape index (κ3) is 7.73. The summed E-state index contributed by atoms with van der Waals surface area (Å²) in [6.45, 7) is 3.14. The second-order valence-corrected chi connectivity index (χ2v) is 4.71. The van der Waals surface area contributed by atoms with Crippen LogP contribution in [0.5, 0.6) is 11.5 Å². The Morgan fingerprint density at radius 3 is 2.09 bits per heavy atom. The van der Waals surface area contributed by atoms with Crippen LogP contribution in [0.15, 0.2) is 24.3 Å². The molecule has 1 rings (SSSR count). The van der Waals surface area contributed by atoms with E-state index < -0.39 is 0 Å². The molecule has 0 aromatic heterocycles. The highest BCUT2D eigenvalue weighted by molar-refractivity contribution is 6.18. The van der Waals surface area contributed by atoms with Gasteiger partial charge >= 0.3 is 0 Å². The molecule has 6 nitrogen and oxygen atoms in total. The number of benzene rings is 1. The molecule has 0 fully saturated rings. The molecular formula is C15H21ClN2O4. The maximum absolute atomic E-state index is 11.6. The van der Waals surface area contributed by atoms with Gasteiger partial charge in [-0.2, -0.15) is 0 Å². The van der Waals surface area contributed by atoms with Gasteiger partial charge in [0.1, 0.15) is 11.5 Å². The maximum atomic E-state index is 11.6. The molecule has 0 heterocycles. The molecule has 122 valence electrons. The number of alkyl halides is 1. The quantitative estimate of drug-likeness (QED) is 0.502. The first-order valence-electron chi connectivity index (χ1n) is 7.10. The molecule has 2 N–H and O–H groups in total. The number of nitrogens with one attached hydrogen (secondary N) is 2. The molecule has 0 spiro atoms. The Kier molecular flexibility index (Phi) is 8.83. The summed E-state index contributed by atoms with van der Waals surface area (Å²) >= 11 is 5.43. The standard InChI is InChI=1S/C15H21ClN2O4/c1-2-21-12-3-5-13(6-4-12)22-11-15(20)18-10-9-17-14(19)7-8-16/h3-6H,2,7-11H2,1H3,(H,17,19)(H,18,20). The number of halogens is 1. The van der Waals surface area contributed by atoms with E-state index in [-0.39, 0.29) is 30.7 Å². The minimum atomic E-state index is -0.250. The number of carbonyl (C=O) groups is 2. The van der Waals surface area contributed by atoms with E-state index in [0.29, 0.717) is 25.4 Å². The van der Waals surface area contributed by atoms with Crippen LogP contribution in [0.25, 0.3) is 0 Å². The second kappa shape index (κ2) is 10.7. The first-order chi connectivity index (χ1) is 10.7. The lowest BCUT2D eigenvalue weighted by molar-refractivity contribution is -0.124. The molecule has 0 aliphatic carbocycles. The molecule has 0 atom stereocenters. The first-order valence-corrected chi connectivity index (χ1v) is 7.64. The Bertz CT molecular complexity index is 465. The van der Waals surface area contributed by atoms with E-state index >= 15 is 0 Å². The van der Waals surface area contributed by atoms with Gasteiger partial charge in [0, 0.05) is 25.4 Å². The molecule has 22 heavy (non-hydrogen) atoms. The Balaban J connectivity index is 2.16. The zero-order chi connectivity index (χ0) is 16.2. The predicted octanol–water partition coefficient (Wildman–Crippen LogP) is 1.33. The van der Waals surface area contributed by atoms with Crippen molar-refractivity contribution in [2.75, 3.05) is 32.2 Å². The lowest BCUT2D eigenvalue weighted by atomic mass is 10.3. The van der Waals surface area contributed by atoms with Gasteiger partial charge in [-0.3, -0.25) is 9.59 Å². The highest BCUT2D eigenvalue weighted by atomic mass is 35.5. The van der Waals surface area contributed by atoms with E-state index in [1.807, 2.05) is 6.92 Å². The van der Waals surface area contributed by atoms with Crippen LogP contribution in [-0.2, 0) is 9.59 Å². The minimum absolute atomic E-state index is 0.0798. The van der Waals surface area contributed by atoms with Crippen molar-refractivity contribution < 1.29 is 19.1 Å². The Morgan fingerprint density at radius 2 is 1.55 bits per heavy atom. The Morgan fingerprint density at radius 1 is 1.00 bits per heavy atom. The number of hydrogen-bond donors (Lipinski definition) is 2. The monoisotopic (exact) mass is 328 g/mol. The van der Waals surface area contributed by atoms with E-state index in [1.54, 1.807) is 24.3 Å². The molecule has 0 aliphatic heterocycles. The SMILES string of the molecule is CCOc1ccc(OCC(=O)NCCNC(=O)CCCl)cc1. The Hall–Kier alpha value is -1.95. The van der Waals surface area contributed by atoms with Crippen molar-refractivity contribution in [2.24, 2.45) is 0 Å². The summed E-state index contributed by atoms with van der Waals surface area (Å²) in [5.41, 5.74) is 0. The maximum Gasteiger partial charge on any atom is 0.258 e. The highest BCUT2D eigenvalue weighted by Gasteiger charge is 2.03. The van der Waals surface area contributed by atoms with Crippen molar-refractivity contribution in [3.8, 4) is 11.5 Å². The van der Waals surface area contributed by atoms with Gasteiger partial charge in [-0.1, -0.05) is 0 Å². The fraction of sp³-hybridized carbons (Fsp3) is 0.467. The zero-order valence-corrected chi connectivity index (χ0v) is 13.3. The lowest BCUT2D eigenvalue weighted by Crippen LogP contribution is -2.36. The van der Waals surface area contributed by atoms with Gasteiger partial charge in [0.05, 0.1) is 6.61 Å². The van der Waals surface area contributed by atoms with Crippen LogP contribution in [-0.4, -0.2) is 44.0 Å². The normalized spacial score (nSPS) is 9.91. The zero-order valence-electron chi connectivity index (χ0n) is 12.6. The van der Waals surface area contributed by atoms with Gasteiger partial charge in [0.25, 0.3) is 5.91 Å². The molecule has 1 aromatic rings. The molecule has 2 amide bonds. The molecule has 7 heteroatoms. The molecule has 0 aliphatic rings. The van der Waals surface area contributed by atoms with Crippen molar-refractivity contribution in [1.29, 1.82) is 0 Å². The van der Waals surface area contributed by atoms with Gasteiger partial charge < -0.3 is 20.1 Å². The minimum Gasteiger partial charge on any atom is -0.494 e. The molecule has 0 bridgehead atoms. The third-order valence-electron chi connectivity index (χ3n) is 2.60. The van der Waals surface area contributed by atoms with Crippen LogP contribution < -0.4 is 20.1 Å². The van der Waals surface area contributed by atoms with Gasteiger partial charge in [0.15, 0.2) is 6.61 Å². The largest absolute Gasteiger partial charge is 0.494 e. The molecule has 1 aromatic carbocycles. The smallest absolute Gasteiger partial charge is 0.258 e. The van der Waals surface area contributed by atoms with Gasteiger partial charge in [0.2, 0.25) is 5.91 Å². The molecule has 0 saturated heterocycles. The second-order valence-electron chi connectivity index (χ2n) is 4.33. The number of rotatable bonds is 10. The fourth-order valence-corrected chi connectivity index (χ4v) is 1.75. The third-order valence-corrected chi connectivity index (χ3v) is 2.78. The number of amides is 2. The first kappa shape index (κ1) is 18.1. The van der Waals surface area contributed by atoms with Crippen molar-refractivity contribution in [3.05, 3.63) is 24.3 Å². The van der Waals surface area contributed by atoms with Crippen molar-refractivity contribution >= 4 is 23.4 Å². The molecule has 0 saturated carbocycles. The van der Waals surface area contributed by atoms with E-state index in [1.165, 1.54) is 0 Å². The summed E-state index contributed by atoms with van der Waals surface area (Å²) in [5.74, 6) is 1.25. The van der Waals surface area contributed by atoms with Crippen LogP contribution in [0, 0.1) is 0 Å². The fourth-order valence-electron chi connectivity index (χ4n) is 1.58. The van der Waals surface area contributed by atoms with Crippen LogP contribution in [0.4, 0.5) is 0 Å². The van der Waals surface area contributed by atoms with Crippen LogP contribution >= 0.6 is 11.6 Å². The van der Waals surface area contributed by atoms with Crippen LogP contribution in [0.2, 0.25) is 0 Å². The van der Waals surface area contributed by atoms with Gasteiger partial charge in [-0.05, 0) is 31.2 Å². The summed E-state index contributed by atoms with van der Waals surface area (Å²) in [4.78, 5) is 22.7. The van der Waals surface area contributed by atoms with Crippen LogP contribution in [0.1, 0.15) is 13.3 Å². The molecular weight excluding hydrogens is 308 g/mol. The summed E-state index contributed by atoms with van der Waals surface area (Å²) in [7, 11) is 0. The van der Waals surface area contributed by atoms with Gasteiger partial charge in [-0.15, -0.1) is 11.6 Å².